The van der Waals surface area contributed by atoms with Crippen LogP contribution in [0.25, 0.3) is 0 Å². The first kappa shape index (κ1) is 12.4. The fraction of sp³-hybridized carbons (Fsp3) is 0.643. The predicted molar refractivity (Wildman–Crippen MR) is 70.0 cm³/mol. The summed E-state index contributed by atoms with van der Waals surface area (Å²) < 4.78 is 0. The van der Waals surface area contributed by atoms with Crippen molar-refractivity contribution in [2.75, 3.05) is 0 Å². The topological polar surface area (TPSA) is 66.3 Å². The molecular weight excluding hydrogens is 242 g/mol. The molecule has 0 radical (unpaired) electrons. The standard InChI is InChI=1S/C14H19N3O2/c1-14(2,3)11-9-6-17(13(18)19)7-10(9)15-12(16-11)8-4-5-8/h8H,4-7H2,1-3H3,(H,18,19). The van der Waals surface area contributed by atoms with Gasteiger partial charge in [0.25, 0.3) is 0 Å². The van der Waals surface area contributed by atoms with Crippen molar-refractivity contribution >= 4 is 6.09 Å². The summed E-state index contributed by atoms with van der Waals surface area (Å²) in [6.07, 6.45) is 1.43. The zero-order chi connectivity index (χ0) is 13.8. The minimum Gasteiger partial charge on any atom is -0.465 e. The van der Waals surface area contributed by atoms with Crippen LogP contribution in [0, 0.1) is 0 Å². The van der Waals surface area contributed by atoms with Crippen LogP contribution in [-0.2, 0) is 18.5 Å². The van der Waals surface area contributed by atoms with E-state index in [1.54, 1.807) is 0 Å². The Morgan fingerprint density at radius 1 is 1.26 bits per heavy atom. The minimum atomic E-state index is -0.883. The summed E-state index contributed by atoms with van der Waals surface area (Å²) in [6.45, 7) is 7.18. The van der Waals surface area contributed by atoms with Crippen LogP contribution in [0.3, 0.4) is 0 Å². The summed E-state index contributed by atoms with van der Waals surface area (Å²) in [5.41, 5.74) is 2.86. The maximum atomic E-state index is 11.1. The first-order valence-electron chi connectivity index (χ1n) is 6.74. The van der Waals surface area contributed by atoms with Gasteiger partial charge in [0.1, 0.15) is 5.82 Å². The van der Waals surface area contributed by atoms with Gasteiger partial charge in [-0.05, 0) is 12.8 Å². The van der Waals surface area contributed by atoms with Crippen LogP contribution in [0.2, 0.25) is 0 Å². The number of carbonyl (C=O) groups is 1. The van der Waals surface area contributed by atoms with E-state index in [4.69, 9.17) is 10.1 Å². The van der Waals surface area contributed by atoms with Gasteiger partial charge in [0.15, 0.2) is 0 Å². The van der Waals surface area contributed by atoms with Gasteiger partial charge >= 0.3 is 6.09 Å². The van der Waals surface area contributed by atoms with Gasteiger partial charge in [0.05, 0.1) is 24.5 Å². The molecule has 5 nitrogen and oxygen atoms in total. The molecule has 1 aliphatic carbocycles. The lowest BCUT2D eigenvalue weighted by molar-refractivity contribution is 0.144. The third kappa shape index (κ3) is 2.17. The summed E-state index contributed by atoms with van der Waals surface area (Å²) in [6, 6.07) is 0. The molecule has 1 saturated carbocycles. The third-order valence-electron chi connectivity index (χ3n) is 3.72. The van der Waals surface area contributed by atoms with Gasteiger partial charge in [0, 0.05) is 16.9 Å². The third-order valence-corrected chi connectivity index (χ3v) is 3.72. The van der Waals surface area contributed by atoms with Crippen LogP contribution in [0.15, 0.2) is 0 Å². The molecule has 0 aromatic carbocycles. The van der Waals surface area contributed by atoms with E-state index >= 15 is 0 Å². The molecular formula is C14H19N3O2. The number of hydrogen-bond donors (Lipinski definition) is 1. The number of aromatic nitrogens is 2. The lowest BCUT2D eigenvalue weighted by Crippen LogP contribution is -2.23. The normalized spacial score (nSPS) is 18.6. The Morgan fingerprint density at radius 3 is 2.47 bits per heavy atom. The Labute approximate surface area is 112 Å². The fourth-order valence-corrected chi connectivity index (χ4v) is 2.55. The molecule has 1 N–H and O–H groups in total. The molecule has 5 heteroatoms. The van der Waals surface area contributed by atoms with Gasteiger partial charge in [-0.1, -0.05) is 20.8 Å². The lowest BCUT2D eigenvalue weighted by atomic mass is 9.88. The first-order valence-corrected chi connectivity index (χ1v) is 6.74. The van der Waals surface area contributed by atoms with E-state index in [1.807, 2.05) is 0 Å². The number of fused-ring (bicyclic) bond motifs is 1. The van der Waals surface area contributed by atoms with E-state index in [-0.39, 0.29) is 5.41 Å². The molecule has 102 valence electrons. The SMILES string of the molecule is CC(C)(C)c1nc(C2CC2)nc2c1CN(C(=O)O)C2. The molecule has 0 bridgehead atoms. The highest BCUT2D eigenvalue weighted by molar-refractivity contribution is 5.66. The van der Waals surface area contributed by atoms with Crippen molar-refractivity contribution in [3.63, 3.8) is 0 Å². The second-order valence-corrected chi connectivity index (χ2v) is 6.52. The molecule has 1 aromatic heterocycles. The number of rotatable bonds is 1. The van der Waals surface area contributed by atoms with Gasteiger partial charge in [-0.25, -0.2) is 14.8 Å². The average Bonchev–Trinajstić information content (AvgIpc) is 3.05. The van der Waals surface area contributed by atoms with Crippen LogP contribution in [-0.4, -0.2) is 26.1 Å². The molecule has 3 rings (SSSR count). The Bertz CT molecular complexity index is 544. The zero-order valence-corrected chi connectivity index (χ0v) is 11.6. The molecule has 1 aliphatic heterocycles. The van der Waals surface area contributed by atoms with E-state index < -0.39 is 6.09 Å². The molecule has 2 aliphatic rings. The highest BCUT2D eigenvalue weighted by Crippen LogP contribution is 2.40. The maximum Gasteiger partial charge on any atom is 0.407 e. The Kier molecular flexibility index (Phi) is 2.56. The summed E-state index contributed by atoms with van der Waals surface area (Å²) >= 11 is 0. The maximum absolute atomic E-state index is 11.1. The highest BCUT2D eigenvalue weighted by Gasteiger charge is 2.35. The average molecular weight is 261 g/mol. The summed E-state index contributed by atoms with van der Waals surface area (Å²) in [5.74, 6) is 1.40. The van der Waals surface area contributed by atoms with E-state index in [0.29, 0.717) is 19.0 Å². The number of nitrogens with zero attached hydrogens (tertiary/aromatic N) is 3. The van der Waals surface area contributed by atoms with Crippen molar-refractivity contribution in [1.82, 2.24) is 14.9 Å². The lowest BCUT2D eigenvalue weighted by Gasteiger charge is -2.21. The smallest absolute Gasteiger partial charge is 0.407 e. The van der Waals surface area contributed by atoms with E-state index in [0.717, 1.165) is 35.6 Å². The molecule has 19 heavy (non-hydrogen) atoms. The Hall–Kier alpha value is -1.65. The second kappa shape index (κ2) is 3.92. The van der Waals surface area contributed by atoms with Gasteiger partial charge < -0.3 is 5.11 Å². The van der Waals surface area contributed by atoms with E-state index in [9.17, 15) is 4.79 Å². The summed E-state index contributed by atoms with van der Waals surface area (Å²) in [5, 5.41) is 9.15. The fourth-order valence-electron chi connectivity index (χ4n) is 2.55. The predicted octanol–water partition coefficient (Wildman–Crippen LogP) is 2.65. The Balaban J connectivity index is 2.07. The largest absolute Gasteiger partial charge is 0.465 e. The first-order chi connectivity index (χ1) is 8.86. The quantitative estimate of drug-likeness (QED) is 0.844. The van der Waals surface area contributed by atoms with Gasteiger partial charge in [0.2, 0.25) is 0 Å². The van der Waals surface area contributed by atoms with E-state index in [1.165, 1.54) is 4.90 Å². The van der Waals surface area contributed by atoms with Gasteiger partial charge in [-0.2, -0.15) is 0 Å². The van der Waals surface area contributed by atoms with Crippen LogP contribution >= 0.6 is 0 Å². The summed E-state index contributed by atoms with van der Waals surface area (Å²) in [4.78, 5) is 21.9. The van der Waals surface area contributed by atoms with Crippen molar-refractivity contribution in [3.05, 3.63) is 22.8 Å². The number of hydrogen-bond acceptors (Lipinski definition) is 3. The molecule has 0 saturated heterocycles. The molecule has 1 amide bonds. The van der Waals surface area contributed by atoms with Crippen LogP contribution in [0.1, 0.15) is 62.3 Å². The van der Waals surface area contributed by atoms with Crippen molar-refractivity contribution in [3.8, 4) is 0 Å². The van der Waals surface area contributed by atoms with Crippen LogP contribution < -0.4 is 0 Å². The minimum absolute atomic E-state index is 0.0782. The van der Waals surface area contributed by atoms with Gasteiger partial charge in [-0.3, -0.25) is 4.90 Å². The van der Waals surface area contributed by atoms with Crippen LogP contribution in [0.4, 0.5) is 4.79 Å². The van der Waals surface area contributed by atoms with Crippen molar-refractivity contribution < 1.29 is 9.90 Å². The van der Waals surface area contributed by atoms with Crippen molar-refractivity contribution in [2.24, 2.45) is 0 Å². The van der Waals surface area contributed by atoms with Gasteiger partial charge in [-0.15, -0.1) is 0 Å². The molecule has 2 heterocycles. The van der Waals surface area contributed by atoms with Crippen molar-refractivity contribution in [2.45, 2.75) is 58.0 Å². The molecule has 1 aromatic rings. The van der Waals surface area contributed by atoms with Crippen LogP contribution in [0.5, 0.6) is 0 Å². The number of amides is 1. The Morgan fingerprint density at radius 2 is 1.95 bits per heavy atom. The highest BCUT2D eigenvalue weighted by atomic mass is 16.4. The summed E-state index contributed by atoms with van der Waals surface area (Å²) in [7, 11) is 0. The number of carboxylic acid groups (broad SMARTS) is 1. The molecule has 1 fully saturated rings. The van der Waals surface area contributed by atoms with Crippen molar-refractivity contribution in [1.29, 1.82) is 0 Å². The molecule has 0 atom stereocenters. The zero-order valence-electron chi connectivity index (χ0n) is 11.6. The second-order valence-electron chi connectivity index (χ2n) is 6.52. The van der Waals surface area contributed by atoms with E-state index in [2.05, 4.69) is 25.8 Å². The molecule has 0 unspecified atom stereocenters. The molecule has 0 spiro atoms. The monoisotopic (exact) mass is 261 g/mol.